The average molecular weight is 439 g/mol. The zero-order valence-electron chi connectivity index (χ0n) is 15.7. The van der Waals surface area contributed by atoms with Crippen molar-refractivity contribution in [2.45, 2.75) is 25.5 Å². The molecule has 154 valence electrons. The molecule has 0 radical (unpaired) electrons. The van der Waals surface area contributed by atoms with E-state index in [1.165, 1.54) is 11.0 Å². The summed E-state index contributed by atoms with van der Waals surface area (Å²) in [6.45, 7) is 2.28. The van der Waals surface area contributed by atoms with Crippen LogP contribution in [0.5, 0.6) is 5.75 Å². The van der Waals surface area contributed by atoms with Crippen molar-refractivity contribution in [3.63, 3.8) is 0 Å². The molecule has 1 unspecified atom stereocenters. The van der Waals surface area contributed by atoms with Gasteiger partial charge in [-0.15, -0.1) is 0 Å². The lowest BCUT2D eigenvalue weighted by molar-refractivity contribution is 0.0841. The molecule has 29 heavy (non-hydrogen) atoms. The smallest absolute Gasteiger partial charge is 0.407 e. The van der Waals surface area contributed by atoms with Gasteiger partial charge in [0.05, 0.1) is 0 Å². The van der Waals surface area contributed by atoms with E-state index in [4.69, 9.17) is 33.0 Å². The molecule has 0 bridgehead atoms. The molecule has 4 rings (SSSR count). The minimum absolute atomic E-state index is 0.0204. The number of piperazine rings is 1. The molecule has 0 spiro atoms. The number of carboxylic acid groups (broad SMARTS) is 1. The van der Waals surface area contributed by atoms with Gasteiger partial charge in [0.1, 0.15) is 18.2 Å². The summed E-state index contributed by atoms with van der Waals surface area (Å²) in [4.78, 5) is 14.7. The van der Waals surface area contributed by atoms with E-state index in [0.717, 1.165) is 18.4 Å². The van der Waals surface area contributed by atoms with Crippen LogP contribution in [0.3, 0.4) is 0 Å². The van der Waals surface area contributed by atoms with Crippen LogP contribution < -0.4 is 4.74 Å². The number of fused-ring (bicyclic) bond motifs is 1. The highest BCUT2D eigenvalue weighted by Crippen LogP contribution is 2.40. The van der Waals surface area contributed by atoms with Crippen LogP contribution in [-0.2, 0) is 13.0 Å². The summed E-state index contributed by atoms with van der Waals surface area (Å²) in [5, 5.41) is 10.1. The average Bonchev–Trinajstić information content (AvgIpc) is 3.12. The molecule has 1 amide bonds. The summed E-state index contributed by atoms with van der Waals surface area (Å²) < 4.78 is 20.8. The predicted octanol–water partition coefficient (Wildman–Crippen LogP) is 4.99. The number of amides is 1. The Balaban J connectivity index is 1.47. The highest BCUT2D eigenvalue weighted by molar-refractivity contribution is 6.35. The van der Waals surface area contributed by atoms with Gasteiger partial charge in [-0.2, -0.15) is 0 Å². The maximum absolute atomic E-state index is 15.0. The fourth-order valence-corrected chi connectivity index (χ4v) is 4.67. The molecule has 1 aliphatic carbocycles. The van der Waals surface area contributed by atoms with E-state index in [0.29, 0.717) is 53.1 Å². The Morgan fingerprint density at radius 1 is 1.17 bits per heavy atom. The molecule has 1 N–H and O–H groups in total. The first kappa shape index (κ1) is 20.3. The van der Waals surface area contributed by atoms with Crippen molar-refractivity contribution in [1.29, 1.82) is 0 Å². The normalized spacial score (nSPS) is 19.3. The van der Waals surface area contributed by atoms with Crippen LogP contribution in [0.25, 0.3) is 0 Å². The Bertz CT molecular complexity index is 912. The highest BCUT2D eigenvalue weighted by Gasteiger charge is 2.33. The van der Waals surface area contributed by atoms with E-state index >= 15 is 0 Å². The molecular weight excluding hydrogens is 418 g/mol. The van der Waals surface area contributed by atoms with Gasteiger partial charge in [0, 0.05) is 59.5 Å². The second kappa shape index (κ2) is 8.38. The lowest BCUT2D eigenvalue weighted by Crippen LogP contribution is -2.49. The number of halogens is 3. The van der Waals surface area contributed by atoms with Crippen LogP contribution in [0.1, 0.15) is 29.2 Å². The van der Waals surface area contributed by atoms with Crippen molar-refractivity contribution in [3.05, 3.63) is 62.9 Å². The number of aryl methyl sites for hydroxylation is 1. The molecule has 1 aliphatic heterocycles. The van der Waals surface area contributed by atoms with Gasteiger partial charge in [-0.25, -0.2) is 9.18 Å². The second-order valence-corrected chi connectivity index (χ2v) is 8.14. The minimum atomic E-state index is -0.900. The summed E-state index contributed by atoms with van der Waals surface area (Å²) in [6, 6.07) is 8.52. The molecule has 5 nitrogen and oxygen atoms in total. The molecule has 1 fully saturated rings. The van der Waals surface area contributed by atoms with E-state index in [1.807, 2.05) is 6.07 Å². The first-order valence-electron chi connectivity index (χ1n) is 9.54. The Kier molecular flexibility index (Phi) is 5.86. The summed E-state index contributed by atoms with van der Waals surface area (Å²) in [5.74, 6) is 0.166. The van der Waals surface area contributed by atoms with E-state index < -0.39 is 6.09 Å². The van der Waals surface area contributed by atoms with Gasteiger partial charge < -0.3 is 14.7 Å². The second-order valence-electron chi connectivity index (χ2n) is 7.33. The van der Waals surface area contributed by atoms with E-state index in [-0.39, 0.29) is 18.5 Å². The first-order chi connectivity index (χ1) is 13.9. The van der Waals surface area contributed by atoms with Crippen molar-refractivity contribution < 1.29 is 19.0 Å². The topological polar surface area (TPSA) is 53.0 Å². The Morgan fingerprint density at radius 2 is 1.86 bits per heavy atom. The van der Waals surface area contributed by atoms with Gasteiger partial charge >= 0.3 is 6.09 Å². The molecule has 1 atom stereocenters. The Hall–Kier alpha value is -2.02. The van der Waals surface area contributed by atoms with Crippen LogP contribution in [0.2, 0.25) is 10.0 Å². The van der Waals surface area contributed by atoms with Gasteiger partial charge in [-0.1, -0.05) is 29.3 Å². The number of hydrogen-bond acceptors (Lipinski definition) is 3. The predicted molar refractivity (Wildman–Crippen MR) is 109 cm³/mol. The third-order valence-corrected chi connectivity index (χ3v) is 6.39. The van der Waals surface area contributed by atoms with Gasteiger partial charge in [0.25, 0.3) is 0 Å². The molecule has 2 aromatic rings. The molecule has 0 aromatic heterocycles. The van der Waals surface area contributed by atoms with Crippen LogP contribution in [0.4, 0.5) is 9.18 Å². The number of carbonyl (C=O) groups is 1. The third-order valence-electron chi connectivity index (χ3n) is 5.68. The van der Waals surface area contributed by atoms with Gasteiger partial charge in [0.15, 0.2) is 0 Å². The lowest BCUT2D eigenvalue weighted by Gasteiger charge is -2.37. The van der Waals surface area contributed by atoms with Crippen molar-refractivity contribution in [2.75, 3.05) is 26.2 Å². The number of rotatable bonds is 4. The van der Waals surface area contributed by atoms with Crippen LogP contribution >= 0.6 is 23.2 Å². The highest BCUT2D eigenvalue weighted by atomic mass is 35.5. The van der Waals surface area contributed by atoms with Gasteiger partial charge in [-0.3, -0.25) is 4.90 Å². The molecule has 1 saturated heterocycles. The largest absolute Gasteiger partial charge is 0.489 e. The van der Waals surface area contributed by atoms with E-state index in [9.17, 15) is 9.18 Å². The van der Waals surface area contributed by atoms with Crippen molar-refractivity contribution >= 4 is 29.3 Å². The molecule has 8 heteroatoms. The summed E-state index contributed by atoms with van der Waals surface area (Å²) in [7, 11) is 0. The quantitative estimate of drug-likeness (QED) is 0.729. The number of hydrogen-bond donors (Lipinski definition) is 1. The minimum Gasteiger partial charge on any atom is -0.489 e. The first-order valence-corrected chi connectivity index (χ1v) is 10.3. The Labute approximate surface area is 178 Å². The fourth-order valence-electron chi connectivity index (χ4n) is 4.16. The van der Waals surface area contributed by atoms with Gasteiger partial charge in [-0.05, 0) is 36.6 Å². The molecule has 2 aromatic carbocycles. The summed E-state index contributed by atoms with van der Waals surface area (Å²) >= 11 is 12.3. The molecular formula is C21H21Cl2FN2O3. The van der Waals surface area contributed by atoms with Crippen LogP contribution in [0, 0.1) is 5.82 Å². The standard InChI is InChI=1S/C21H21Cl2FN2O3/c22-16-2-1-3-17(23)15(16)12-29-14-10-13-4-5-19(20(13)18(24)11-14)25-6-8-26(9-7-25)21(27)28/h1-3,10-11,19H,4-9,12H2,(H,27,28). The van der Waals surface area contributed by atoms with Crippen LogP contribution in [0.15, 0.2) is 30.3 Å². The van der Waals surface area contributed by atoms with Crippen molar-refractivity contribution in [2.24, 2.45) is 0 Å². The number of ether oxygens (including phenoxy) is 1. The maximum Gasteiger partial charge on any atom is 0.407 e. The Morgan fingerprint density at radius 3 is 2.52 bits per heavy atom. The maximum atomic E-state index is 15.0. The van der Waals surface area contributed by atoms with Crippen molar-refractivity contribution in [3.8, 4) is 5.75 Å². The van der Waals surface area contributed by atoms with E-state index in [1.54, 1.807) is 18.2 Å². The SMILES string of the molecule is O=C(O)N1CCN(C2CCc3cc(OCc4c(Cl)cccc4Cl)cc(F)c32)CC1. The molecule has 2 aliphatic rings. The van der Waals surface area contributed by atoms with Gasteiger partial charge in [0.2, 0.25) is 0 Å². The molecule has 1 heterocycles. The summed E-state index contributed by atoms with van der Waals surface area (Å²) in [6.07, 6.45) is 0.683. The monoisotopic (exact) mass is 438 g/mol. The zero-order valence-corrected chi connectivity index (χ0v) is 17.2. The number of nitrogens with zero attached hydrogens (tertiary/aromatic N) is 2. The zero-order chi connectivity index (χ0) is 20.5. The fraction of sp³-hybridized carbons (Fsp3) is 0.381. The van der Waals surface area contributed by atoms with Crippen LogP contribution in [-0.4, -0.2) is 47.2 Å². The van der Waals surface area contributed by atoms with E-state index in [2.05, 4.69) is 4.90 Å². The number of benzene rings is 2. The molecule has 0 saturated carbocycles. The lowest BCUT2D eigenvalue weighted by atomic mass is 10.0. The third kappa shape index (κ3) is 4.15. The summed E-state index contributed by atoms with van der Waals surface area (Å²) in [5.41, 5.74) is 2.32. The van der Waals surface area contributed by atoms with Crippen molar-refractivity contribution in [1.82, 2.24) is 9.80 Å².